The fraction of sp³-hybridized carbons (Fsp3) is 0.0714. The number of hydrogen-bond acceptors (Lipinski definition) is 14. The van der Waals surface area contributed by atoms with Gasteiger partial charge in [-0.25, -0.2) is 21.6 Å². The first-order valence-electron chi connectivity index (χ1n) is 7.58. The summed E-state index contributed by atoms with van der Waals surface area (Å²) in [6.45, 7) is 2.24. The minimum atomic E-state index is -5.55. The standard InChI is InChI=1S/C14H8N3O12PS2/c1-7-13(19)9(5-18)10(6-29-30(20,21)22)14(15-7)17-16-11-3-2-8(31(23,24)25)4-12(11)32(26,27)28/h3,5H,1,6H2,(H2-3,18,19,20,21,22,23,24,25,26,27,28). The third-order valence-corrected chi connectivity index (χ3v) is 5.41. The number of dihydropyridines is 1. The molecule has 0 saturated heterocycles. The van der Waals surface area contributed by atoms with Crippen LogP contribution in [0.15, 0.2) is 60.4 Å². The fourth-order valence-corrected chi connectivity index (χ4v) is 3.45. The highest BCUT2D eigenvalue weighted by molar-refractivity contribution is 7.91. The Labute approximate surface area is 180 Å². The van der Waals surface area contributed by atoms with Crippen LogP contribution < -0.4 is 9.79 Å². The Morgan fingerprint density at radius 2 is 1.88 bits per heavy atom. The molecule has 1 aliphatic heterocycles. The van der Waals surface area contributed by atoms with Crippen LogP contribution in [0.1, 0.15) is 0 Å². The van der Waals surface area contributed by atoms with E-state index in [-0.39, 0.29) is 12.0 Å². The average molecular weight is 505 g/mol. The normalized spacial score (nSPS) is 17.9. The lowest BCUT2D eigenvalue weighted by atomic mass is 9.95. The van der Waals surface area contributed by atoms with E-state index in [9.17, 15) is 45.1 Å². The van der Waals surface area contributed by atoms with Gasteiger partial charge >= 0.3 is 21.3 Å². The highest BCUT2D eigenvalue weighted by atomic mass is 32.2. The van der Waals surface area contributed by atoms with Crippen molar-refractivity contribution in [3.05, 3.63) is 63.3 Å². The molecule has 32 heavy (non-hydrogen) atoms. The quantitative estimate of drug-likeness (QED) is 0.0859. The van der Waals surface area contributed by atoms with Crippen LogP contribution in [0, 0.1) is 18.1 Å². The van der Waals surface area contributed by atoms with Gasteiger partial charge in [-0.05, 0) is 11.7 Å². The van der Waals surface area contributed by atoms with Crippen LogP contribution in [0.2, 0.25) is 0 Å². The Balaban J connectivity index is 2.56. The number of aliphatic imine (C=N–C) groups is 1. The number of azo groups is 1. The van der Waals surface area contributed by atoms with Gasteiger partial charge in [-0.3, -0.25) is 0 Å². The van der Waals surface area contributed by atoms with Gasteiger partial charge in [0.15, 0.2) is 20.2 Å². The molecule has 168 valence electrons. The molecule has 15 nitrogen and oxygen atoms in total. The van der Waals surface area contributed by atoms with Gasteiger partial charge in [-0.1, -0.05) is 5.11 Å². The van der Waals surface area contributed by atoms with Crippen LogP contribution in [0.5, 0.6) is 0 Å². The molecule has 2 rings (SSSR count). The van der Waals surface area contributed by atoms with Crippen molar-refractivity contribution in [1.29, 1.82) is 0 Å². The van der Waals surface area contributed by atoms with Gasteiger partial charge in [0.2, 0.25) is 17.6 Å². The number of amidine groups is 1. The summed E-state index contributed by atoms with van der Waals surface area (Å²) >= 11 is 0. The third-order valence-electron chi connectivity index (χ3n) is 3.43. The molecule has 0 aromatic rings. The van der Waals surface area contributed by atoms with Crippen LogP contribution in [-0.4, -0.2) is 49.8 Å². The van der Waals surface area contributed by atoms with Gasteiger partial charge in [0.25, 0.3) is 24.0 Å². The Morgan fingerprint density at radius 3 is 2.38 bits per heavy atom. The van der Waals surface area contributed by atoms with Crippen molar-refractivity contribution in [2.45, 2.75) is 0 Å². The average Bonchev–Trinajstić information content (AvgIpc) is 2.65. The van der Waals surface area contributed by atoms with E-state index in [4.69, 9.17) is 5.11 Å². The Morgan fingerprint density at radius 1 is 1.25 bits per heavy atom. The molecule has 18 heteroatoms. The topological polar surface area (TPSA) is 264 Å². The second-order valence-electron chi connectivity index (χ2n) is 5.55. The number of carbonyl (C=O) groups excluding carboxylic acids is 1. The van der Waals surface area contributed by atoms with Gasteiger partial charge in [0.1, 0.15) is 12.5 Å². The maximum absolute atomic E-state index is 11.4. The van der Waals surface area contributed by atoms with Gasteiger partial charge in [0, 0.05) is 0 Å². The van der Waals surface area contributed by atoms with Gasteiger partial charge in [0.05, 0.1) is 7.82 Å². The number of allylic oxidation sites excluding steroid dienone is 3. The summed E-state index contributed by atoms with van der Waals surface area (Å²) in [5.41, 5.74) is -1.75. The maximum Gasteiger partial charge on any atom is 0.406 e. The molecular weight excluding hydrogens is 497 g/mol. The SMILES string of the molecule is C=C1N=C(N=NC2=C(S(=O)(=O)[O-])[C+]=C(S(=O)(=O)[O-])[C+]=C2)[C+](COP(=O)([O-])[O-])C(C=O)=C1[OH2+]. The summed E-state index contributed by atoms with van der Waals surface area (Å²) in [5.74, 6) is -1.75. The number of hydrogen-bond donors (Lipinski definition) is 0. The van der Waals surface area contributed by atoms with E-state index in [0.717, 1.165) is 0 Å². The van der Waals surface area contributed by atoms with Gasteiger partial charge in [-0.2, -0.15) is 4.99 Å². The first-order chi connectivity index (χ1) is 14.5. The molecule has 0 aromatic carbocycles. The van der Waals surface area contributed by atoms with Crippen LogP contribution in [0.4, 0.5) is 0 Å². The summed E-state index contributed by atoms with van der Waals surface area (Å²) < 4.78 is 82.1. The fourth-order valence-electron chi connectivity index (χ4n) is 2.08. The van der Waals surface area contributed by atoms with Crippen molar-refractivity contribution in [3.8, 4) is 0 Å². The number of phosphoric ester groups is 1. The molecule has 1 aliphatic carbocycles. The maximum atomic E-state index is 11.4. The van der Waals surface area contributed by atoms with Crippen LogP contribution in [0.3, 0.4) is 0 Å². The Hall–Kier alpha value is -2.94. The minimum Gasteiger partial charge on any atom is -0.790 e. The van der Waals surface area contributed by atoms with E-state index >= 15 is 0 Å². The van der Waals surface area contributed by atoms with Crippen LogP contribution in [0.25, 0.3) is 0 Å². The molecule has 0 radical (unpaired) electrons. The zero-order valence-electron chi connectivity index (χ0n) is 15.2. The van der Waals surface area contributed by atoms with Crippen molar-refractivity contribution in [3.63, 3.8) is 0 Å². The predicted molar refractivity (Wildman–Crippen MR) is 95.9 cm³/mol. The molecular formula is C14H8N3O12PS2. The van der Waals surface area contributed by atoms with E-state index in [1.54, 1.807) is 6.08 Å². The van der Waals surface area contributed by atoms with Gasteiger partial charge < -0.3 is 33.1 Å². The molecule has 0 fully saturated rings. The molecule has 0 unspecified atom stereocenters. The highest BCUT2D eigenvalue weighted by Gasteiger charge is 2.44. The van der Waals surface area contributed by atoms with Crippen LogP contribution >= 0.6 is 7.82 Å². The van der Waals surface area contributed by atoms with Gasteiger partial charge in [-0.15, -0.1) is 0 Å². The summed E-state index contributed by atoms with van der Waals surface area (Å²) in [6, 6.07) is 0. The number of nitrogens with zero attached hydrogens (tertiary/aromatic N) is 3. The van der Waals surface area contributed by atoms with E-state index in [1.807, 2.05) is 6.08 Å². The lowest BCUT2D eigenvalue weighted by molar-refractivity contribution is -0.341. The number of aldehydes is 1. The van der Waals surface area contributed by atoms with Crippen molar-refractivity contribution in [2.24, 2.45) is 15.2 Å². The van der Waals surface area contributed by atoms with E-state index in [1.165, 1.54) is 0 Å². The van der Waals surface area contributed by atoms with E-state index < -0.39 is 73.3 Å². The zero-order valence-corrected chi connectivity index (χ0v) is 17.7. The zero-order chi connectivity index (χ0) is 24.5. The molecule has 2 N–H and O–H groups in total. The summed E-state index contributed by atoms with van der Waals surface area (Å²) in [6.07, 6.45) is 4.01. The minimum absolute atomic E-state index is 0.0833. The second-order valence-corrected chi connectivity index (χ2v) is 9.34. The number of rotatable bonds is 7. The lowest BCUT2D eigenvalue weighted by Gasteiger charge is -2.28. The molecule has 0 saturated carbocycles. The molecule has 0 bridgehead atoms. The predicted octanol–water partition coefficient (Wildman–Crippen LogP) is -2.68. The van der Waals surface area contributed by atoms with E-state index in [0.29, 0.717) is 6.08 Å². The first kappa shape index (κ1) is 25.3. The summed E-state index contributed by atoms with van der Waals surface area (Å²) in [7, 11) is -16.2. The second kappa shape index (κ2) is 8.90. The number of carbonyl (C=O) groups is 1. The molecule has 2 aliphatic rings. The third kappa shape index (κ3) is 6.06. The summed E-state index contributed by atoms with van der Waals surface area (Å²) in [4.78, 5) is 33.8. The molecule has 0 amide bonds. The lowest BCUT2D eigenvalue weighted by Crippen LogP contribution is -2.27. The van der Waals surface area contributed by atoms with Crippen molar-refractivity contribution < 1.29 is 54.7 Å². The van der Waals surface area contributed by atoms with Crippen molar-refractivity contribution >= 4 is 40.2 Å². The van der Waals surface area contributed by atoms with Crippen molar-refractivity contribution in [1.82, 2.24) is 0 Å². The molecule has 1 heterocycles. The molecule has 0 aromatic heterocycles. The Bertz CT molecular complexity index is 1310. The Kier molecular flexibility index (Phi) is 7.04. The van der Waals surface area contributed by atoms with Crippen molar-refractivity contribution in [2.75, 3.05) is 6.61 Å². The highest BCUT2D eigenvalue weighted by Crippen LogP contribution is 2.33. The molecule has 0 spiro atoms. The summed E-state index contributed by atoms with van der Waals surface area (Å²) in [5, 5.41) is 14.5. The smallest absolute Gasteiger partial charge is 0.406 e. The first-order valence-corrected chi connectivity index (χ1v) is 11.9. The molecule has 0 atom stereocenters. The van der Waals surface area contributed by atoms with E-state index in [2.05, 4.69) is 26.3 Å². The largest absolute Gasteiger partial charge is 0.790 e. The number of phosphoric acid groups is 1. The monoisotopic (exact) mass is 505 g/mol. The van der Waals surface area contributed by atoms with Crippen LogP contribution in [-0.2, 0) is 34.1 Å².